The molecule has 4 heteroatoms. The monoisotopic (exact) mass is 290 g/mol. The van der Waals surface area contributed by atoms with E-state index in [-0.39, 0.29) is 11.8 Å². The van der Waals surface area contributed by atoms with Crippen LogP contribution in [0.25, 0.3) is 0 Å². The van der Waals surface area contributed by atoms with E-state index in [1.807, 2.05) is 45.0 Å². The highest BCUT2D eigenvalue weighted by Crippen LogP contribution is 2.14. The van der Waals surface area contributed by atoms with E-state index in [1.54, 1.807) is 11.8 Å². The molecule has 0 aromatic heterocycles. The molecule has 4 nitrogen and oxygen atoms in total. The lowest BCUT2D eigenvalue weighted by Crippen LogP contribution is -2.47. The number of rotatable bonds is 7. The lowest BCUT2D eigenvalue weighted by Gasteiger charge is -2.29. The average Bonchev–Trinajstić information content (AvgIpc) is 2.50. The summed E-state index contributed by atoms with van der Waals surface area (Å²) >= 11 is 0. The molecule has 2 amide bonds. The number of hydrogen-bond acceptors (Lipinski definition) is 2. The molecule has 0 spiro atoms. The zero-order valence-corrected chi connectivity index (χ0v) is 13.5. The second kappa shape index (κ2) is 8.45. The van der Waals surface area contributed by atoms with Crippen LogP contribution in [0.4, 0.5) is 0 Å². The standard InChI is InChI=1S/C17H26N2O2/c1-5-11-18-17(21)14(4)19(16(20)6-2)12-15-10-8-7-9-13(15)3/h7-10,14H,5-6,11-12H2,1-4H3,(H,18,21)/t14-/m0/s1. The van der Waals surface area contributed by atoms with Crippen molar-refractivity contribution in [2.45, 2.75) is 53.1 Å². The van der Waals surface area contributed by atoms with Gasteiger partial charge in [-0.25, -0.2) is 0 Å². The third kappa shape index (κ3) is 4.88. The van der Waals surface area contributed by atoms with E-state index >= 15 is 0 Å². The minimum absolute atomic E-state index is 0.00241. The molecule has 116 valence electrons. The van der Waals surface area contributed by atoms with Crippen LogP contribution >= 0.6 is 0 Å². The first-order valence-corrected chi connectivity index (χ1v) is 7.62. The zero-order chi connectivity index (χ0) is 15.8. The number of hydrogen-bond donors (Lipinski definition) is 1. The molecule has 0 aliphatic rings. The molecule has 0 unspecified atom stereocenters. The van der Waals surface area contributed by atoms with E-state index < -0.39 is 6.04 Å². The van der Waals surface area contributed by atoms with Crippen molar-refractivity contribution in [2.24, 2.45) is 0 Å². The number of carbonyl (C=O) groups excluding carboxylic acids is 2. The van der Waals surface area contributed by atoms with Gasteiger partial charge in [0.05, 0.1) is 0 Å². The summed E-state index contributed by atoms with van der Waals surface area (Å²) < 4.78 is 0. The number of aryl methyl sites for hydroxylation is 1. The van der Waals surface area contributed by atoms with Gasteiger partial charge in [0.1, 0.15) is 6.04 Å². The van der Waals surface area contributed by atoms with Gasteiger partial charge >= 0.3 is 0 Å². The van der Waals surface area contributed by atoms with Crippen LogP contribution in [-0.2, 0) is 16.1 Å². The molecular weight excluding hydrogens is 264 g/mol. The highest BCUT2D eigenvalue weighted by Gasteiger charge is 2.25. The fraction of sp³-hybridized carbons (Fsp3) is 0.529. The minimum Gasteiger partial charge on any atom is -0.354 e. The normalized spacial score (nSPS) is 11.8. The summed E-state index contributed by atoms with van der Waals surface area (Å²) in [6.07, 6.45) is 1.29. The molecule has 1 rings (SSSR count). The van der Waals surface area contributed by atoms with Gasteiger partial charge in [-0.1, -0.05) is 38.1 Å². The highest BCUT2D eigenvalue weighted by atomic mass is 16.2. The van der Waals surface area contributed by atoms with Crippen molar-refractivity contribution >= 4 is 11.8 Å². The second-order valence-electron chi connectivity index (χ2n) is 5.27. The fourth-order valence-corrected chi connectivity index (χ4v) is 2.15. The maximum atomic E-state index is 12.2. The molecular formula is C17H26N2O2. The van der Waals surface area contributed by atoms with Crippen LogP contribution in [0.1, 0.15) is 44.7 Å². The van der Waals surface area contributed by atoms with Gasteiger partial charge in [-0.3, -0.25) is 9.59 Å². The Morgan fingerprint density at radius 3 is 2.48 bits per heavy atom. The molecule has 1 aromatic carbocycles. The Morgan fingerprint density at radius 2 is 1.90 bits per heavy atom. The molecule has 0 saturated carbocycles. The molecule has 0 fully saturated rings. The number of nitrogens with zero attached hydrogens (tertiary/aromatic N) is 1. The number of amides is 2. The summed E-state index contributed by atoms with van der Waals surface area (Å²) in [5.74, 6) is -0.0929. The van der Waals surface area contributed by atoms with E-state index in [0.29, 0.717) is 19.5 Å². The summed E-state index contributed by atoms with van der Waals surface area (Å²) in [7, 11) is 0. The summed E-state index contributed by atoms with van der Waals surface area (Å²) in [6.45, 7) is 8.75. The molecule has 21 heavy (non-hydrogen) atoms. The van der Waals surface area contributed by atoms with Crippen LogP contribution in [0.3, 0.4) is 0 Å². The van der Waals surface area contributed by atoms with Crippen molar-refractivity contribution in [3.63, 3.8) is 0 Å². The maximum absolute atomic E-state index is 12.2. The van der Waals surface area contributed by atoms with Gasteiger partial charge in [0.25, 0.3) is 0 Å². The van der Waals surface area contributed by atoms with E-state index in [2.05, 4.69) is 5.32 Å². The van der Waals surface area contributed by atoms with Gasteiger partial charge in [0.2, 0.25) is 11.8 Å². The van der Waals surface area contributed by atoms with Gasteiger partial charge in [-0.15, -0.1) is 0 Å². The number of carbonyl (C=O) groups is 2. The maximum Gasteiger partial charge on any atom is 0.242 e. The third-order valence-electron chi connectivity index (χ3n) is 3.62. The van der Waals surface area contributed by atoms with Crippen molar-refractivity contribution < 1.29 is 9.59 Å². The SMILES string of the molecule is CCCNC(=O)[C@H](C)N(Cc1ccccc1C)C(=O)CC. The Bertz CT molecular complexity index is 485. The molecule has 0 radical (unpaired) electrons. The van der Waals surface area contributed by atoms with Crippen LogP contribution in [-0.4, -0.2) is 29.3 Å². The summed E-state index contributed by atoms with van der Waals surface area (Å²) in [4.78, 5) is 26.0. The summed E-state index contributed by atoms with van der Waals surface area (Å²) in [5, 5.41) is 2.86. The van der Waals surface area contributed by atoms with Gasteiger partial charge in [0.15, 0.2) is 0 Å². The third-order valence-corrected chi connectivity index (χ3v) is 3.62. The lowest BCUT2D eigenvalue weighted by atomic mass is 10.1. The molecule has 1 N–H and O–H groups in total. The molecule has 0 aliphatic heterocycles. The quantitative estimate of drug-likeness (QED) is 0.839. The van der Waals surface area contributed by atoms with E-state index in [0.717, 1.165) is 17.5 Å². The largest absolute Gasteiger partial charge is 0.354 e. The minimum atomic E-state index is -0.455. The van der Waals surface area contributed by atoms with Crippen LogP contribution in [0.5, 0.6) is 0 Å². The molecule has 0 aliphatic carbocycles. The van der Waals surface area contributed by atoms with Crippen molar-refractivity contribution in [3.05, 3.63) is 35.4 Å². The molecule has 0 heterocycles. The van der Waals surface area contributed by atoms with Gasteiger partial charge in [0, 0.05) is 19.5 Å². The number of nitrogens with one attached hydrogen (secondary N) is 1. The smallest absolute Gasteiger partial charge is 0.242 e. The van der Waals surface area contributed by atoms with E-state index in [4.69, 9.17) is 0 Å². The Morgan fingerprint density at radius 1 is 1.24 bits per heavy atom. The van der Waals surface area contributed by atoms with Gasteiger partial charge < -0.3 is 10.2 Å². The van der Waals surface area contributed by atoms with Crippen LogP contribution in [0.15, 0.2) is 24.3 Å². The van der Waals surface area contributed by atoms with Crippen molar-refractivity contribution in [1.82, 2.24) is 10.2 Å². The Kier molecular flexibility index (Phi) is 6.92. The summed E-state index contributed by atoms with van der Waals surface area (Å²) in [5.41, 5.74) is 2.21. The Hall–Kier alpha value is -1.84. The highest BCUT2D eigenvalue weighted by molar-refractivity contribution is 5.87. The van der Waals surface area contributed by atoms with Crippen LogP contribution < -0.4 is 5.32 Å². The molecule has 0 bridgehead atoms. The predicted molar refractivity (Wildman–Crippen MR) is 84.8 cm³/mol. The van der Waals surface area contributed by atoms with Gasteiger partial charge in [-0.05, 0) is 31.4 Å². The molecule has 1 aromatic rings. The molecule has 0 saturated heterocycles. The zero-order valence-electron chi connectivity index (χ0n) is 13.5. The van der Waals surface area contributed by atoms with E-state index in [9.17, 15) is 9.59 Å². The summed E-state index contributed by atoms with van der Waals surface area (Å²) in [6, 6.07) is 7.50. The Balaban J connectivity index is 2.88. The van der Waals surface area contributed by atoms with Crippen LogP contribution in [0.2, 0.25) is 0 Å². The van der Waals surface area contributed by atoms with Gasteiger partial charge in [-0.2, -0.15) is 0 Å². The second-order valence-corrected chi connectivity index (χ2v) is 5.27. The first-order valence-electron chi connectivity index (χ1n) is 7.62. The topological polar surface area (TPSA) is 49.4 Å². The van der Waals surface area contributed by atoms with Crippen molar-refractivity contribution in [3.8, 4) is 0 Å². The van der Waals surface area contributed by atoms with E-state index in [1.165, 1.54) is 0 Å². The first-order chi connectivity index (χ1) is 10.0. The van der Waals surface area contributed by atoms with Crippen molar-refractivity contribution in [1.29, 1.82) is 0 Å². The first kappa shape index (κ1) is 17.2. The van der Waals surface area contributed by atoms with Crippen LogP contribution in [0, 0.1) is 6.92 Å². The Labute approximate surface area is 127 Å². The molecule has 1 atom stereocenters. The average molecular weight is 290 g/mol. The number of benzene rings is 1. The fourth-order valence-electron chi connectivity index (χ4n) is 2.15. The van der Waals surface area contributed by atoms with Crippen molar-refractivity contribution in [2.75, 3.05) is 6.54 Å². The lowest BCUT2D eigenvalue weighted by molar-refractivity contribution is -0.140. The predicted octanol–water partition coefficient (Wildman–Crippen LogP) is 2.65.